The van der Waals surface area contributed by atoms with Crippen molar-refractivity contribution in [2.45, 2.75) is 0 Å². The summed E-state index contributed by atoms with van der Waals surface area (Å²) in [6.07, 6.45) is 0. The number of halogens is 2. The van der Waals surface area contributed by atoms with E-state index in [2.05, 4.69) is 5.32 Å². The van der Waals surface area contributed by atoms with Crippen molar-refractivity contribution in [1.82, 2.24) is 0 Å². The van der Waals surface area contributed by atoms with Crippen molar-refractivity contribution < 1.29 is 14.3 Å². The number of carbonyl (C=O) groups is 1. The summed E-state index contributed by atoms with van der Waals surface area (Å²) >= 11 is 11.9. The average molecular weight is 326 g/mol. The van der Waals surface area contributed by atoms with Gasteiger partial charge in [0.05, 0.1) is 24.9 Å². The first-order valence-corrected chi connectivity index (χ1v) is 6.78. The number of carbonyl (C=O) groups excluding carboxylic acids is 1. The number of amides is 1. The molecule has 0 unspecified atom stereocenters. The minimum atomic E-state index is -0.337. The maximum Gasteiger partial charge on any atom is 0.255 e. The Bertz CT molecular complexity index is 652. The Balaban J connectivity index is 2.29. The Morgan fingerprint density at radius 1 is 1.00 bits per heavy atom. The molecule has 6 heteroatoms. The first-order chi connectivity index (χ1) is 10.0. The number of rotatable bonds is 4. The van der Waals surface area contributed by atoms with Gasteiger partial charge in [-0.2, -0.15) is 0 Å². The quantitative estimate of drug-likeness (QED) is 0.913. The van der Waals surface area contributed by atoms with Crippen LogP contribution in [-0.2, 0) is 0 Å². The molecule has 2 rings (SSSR count). The van der Waals surface area contributed by atoms with Crippen molar-refractivity contribution in [2.75, 3.05) is 19.5 Å². The largest absolute Gasteiger partial charge is 0.497 e. The highest BCUT2D eigenvalue weighted by atomic mass is 35.5. The van der Waals surface area contributed by atoms with Gasteiger partial charge in [0.2, 0.25) is 0 Å². The fourth-order valence-corrected chi connectivity index (χ4v) is 2.06. The van der Waals surface area contributed by atoms with Gasteiger partial charge in [0.1, 0.15) is 11.5 Å². The van der Waals surface area contributed by atoms with Gasteiger partial charge in [0.15, 0.2) is 0 Å². The predicted molar refractivity (Wildman–Crippen MR) is 84.0 cm³/mol. The van der Waals surface area contributed by atoms with E-state index in [0.717, 1.165) is 0 Å². The monoisotopic (exact) mass is 325 g/mol. The molecule has 1 N–H and O–H groups in total. The van der Waals surface area contributed by atoms with Gasteiger partial charge in [0.25, 0.3) is 5.91 Å². The Labute approximate surface area is 132 Å². The van der Waals surface area contributed by atoms with E-state index in [4.69, 9.17) is 32.7 Å². The second-order valence-electron chi connectivity index (χ2n) is 4.18. The van der Waals surface area contributed by atoms with Crippen LogP contribution in [0.5, 0.6) is 11.5 Å². The van der Waals surface area contributed by atoms with Crippen molar-refractivity contribution >= 4 is 34.8 Å². The van der Waals surface area contributed by atoms with Crippen molar-refractivity contribution in [3.05, 3.63) is 52.0 Å². The van der Waals surface area contributed by atoms with Crippen LogP contribution in [-0.4, -0.2) is 20.1 Å². The van der Waals surface area contributed by atoms with Crippen LogP contribution < -0.4 is 14.8 Å². The molecular formula is C15H13Cl2NO3. The van der Waals surface area contributed by atoms with E-state index in [1.54, 1.807) is 36.4 Å². The number of anilines is 1. The zero-order valence-electron chi connectivity index (χ0n) is 11.4. The smallest absolute Gasteiger partial charge is 0.255 e. The van der Waals surface area contributed by atoms with Crippen LogP contribution in [0.15, 0.2) is 36.4 Å². The fraction of sp³-hybridized carbons (Fsp3) is 0.133. The summed E-state index contributed by atoms with van der Waals surface area (Å²) in [4.78, 5) is 12.3. The molecule has 110 valence electrons. The average Bonchev–Trinajstić information content (AvgIpc) is 2.50. The normalized spacial score (nSPS) is 10.1. The van der Waals surface area contributed by atoms with E-state index in [9.17, 15) is 4.79 Å². The minimum Gasteiger partial charge on any atom is -0.497 e. The number of benzene rings is 2. The highest BCUT2D eigenvalue weighted by Crippen LogP contribution is 2.27. The Kier molecular flexibility index (Phi) is 4.94. The van der Waals surface area contributed by atoms with Crippen LogP contribution in [0, 0.1) is 0 Å². The third-order valence-corrected chi connectivity index (χ3v) is 3.35. The molecule has 0 saturated carbocycles. The van der Waals surface area contributed by atoms with Gasteiger partial charge in [-0.3, -0.25) is 4.79 Å². The highest BCUT2D eigenvalue weighted by Gasteiger charge is 2.12. The lowest BCUT2D eigenvalue weighted by Gasteiger charge is -2.10. The molecule has 4 nitrogen and oxygen atoms in total. The molecule has 0 bridgehead atoms. The van der Waals surface area contributed by atoms with Crippen LogP contribution in [0.3, 0.4) is 0 Å². The first kappa shape index (κ1) is 15.5. The standard InChI is InChI=1S/C15H13Cl2NO3/c1-20-11-5-9(6-12(8-11)21-2)15(19)18-14-7-10(16)3-4-13(14)17/h3-8H,1-2H3,(H,18,19). The topological polar surface area (TPSA) is 47.6 Å². The second-order valence-corrected chi connectivity index (χ2v) is 5.02. The molecule has 0 radical (unpaired) electrons. The summed E-state index contributed by atoms with van der Waals surface area (Å²) in [5.41, 5.74) is 0.832. The third-order valence-electron chi connectivity index (χ3n) is 2.79. The number of ether oxygens (including phenoxy) is 2. The van der Waals surface area contributed by atoms with E-state index >= 15 is 0 Å². The van der Waals surface area contributed by atoms with Gasteiger partial charge >= 0.3 is 0 Å². The molecule has 21 heavy (non-hydrogen) atoms. The summed E-state index contributed by atoms with van der Waals surface area (Å²) in [5, 5.41) is 3.59. The van der Waals surface area contributed by atoms with Gasteiger partial charge in [-0.25, -0.2) is 0 Å². The van der Waals surface area contributed by atoms with Crippen molar-refractivity contribution in [3.63, 3.8) is 0 Å². The molecule has 0 fully saturated rings. The molecule has 0 aliphatic carbocycles. The number of methoxy groups -OCH3 is 2. The molecule has 0 heterocycles. The van der Waals surface area contributed by atoms with E-state index < -0.39 is 0 Å². The molecule has 1 amide bonds. The van der Waals surface area contributed by atoms with Crippen LogP contribution in [0.2, 0.25) is 10.0 Å². The SMILES string of the molecule is COc1cc(OC)cc(C(=O)Nc2cc(Cl)ccc2Cl)c1. The lowest BCUT2D eigenvalue weighted by molar-refractivity contribution is 0.102. The maximum absolute atomic E-state index is 12.3. The van der Waals surface area contributed by atoms with E-state index in [-0.39, 0.29) is 5.91 Å². The molecular weight excluding hydrogens is 313 g/mol. The molecule has 2 aromatic rings. The Morgan fingerprint density at radius 3 is 2.19 bits per heavy atom. The van der Waals surface area contributed by atoms with Crippen LogP contribution in [0.4, 0.5) is 5.69 Å². The molecule has 0 aliphatic heterocycles. The van der Waals surface area contributed by atoms with E-state index in [0.29, 0.717) is 32.8 Å². The lowest BCUT2D eigenvalue weighted by Crippen LogP contribution is -2.12. The molecule has 0 spiro atoms. The number of nitrogens with one attached hydrogen (secondary N) is 1. The number of hydrogen-bond donors (Lipinski definition) is 1. The zero-order chi connectivity index (χ0) is 15.4. The summed E-state index contributed by atoms with van der Waals surface area (Å²) < 4.78 is 10.3. The van der Waals surface area contributed by atoms with E-state index in [1.165, 1.54) is 14.2 Å². The van der Waals surface area contributed by atoms with Gasteiger partial charge in [0, 0.05) is 16.7 Å². The fourth-order valence-electron chi connectivity index (χ4n) is 1.73. The van der Waals surface area contributed by atoms with Gasteiger partial charge in [-0.15, -0.1) is 0 Å². The summed E-state index contributed by atoms with van der Waals surface area (Å²) in [5.74, 6) is 0.713. The van der Waals surface area contributed by atoms with Crippen molar-refractivity contribution in [1.29, 1.82) is 0 Å². The van der Waals surface area contributed by atoms with Crippen LogP contribution in [0.1, 0.15) is 10.4 Å². The third kappa shape index (κ3) is 3.80. The molecule has 0 saturated heterocycles. The van der Waals surface area contributed by atoms with Gasteiger partial charge < -0.3 is 14.8 Å². The van der Waals surface area contributed by atoms with E-state index in [1.807, 2.05) is 0 Å². The zero-order valence-corrected chi connectivity index (χ0v) is 13.0. The number of hydrogen-bond acceptors (Lipinski definition) is 3. The first-order valence-electron chi connectivity index (χ1n) is 6.03. The minimum absolute atomic E-state index is 0.337. The molecule has 2 aromatic carbocycles. The van der Waals surface area contributed by atoms with Crippen LogP contribution in [0.25, 0.3) is 0 Å². The van der Waals surface area contributed by atoms with Gasteiger partial charge in [-0.05, 0) is 30.3 Å². The maximum atomic E-state index is 12.3. The van der Waals surface area contributed by atoms with Crippen molar-refractivity contribution in [3.8, 4) is 11.5 Å². The Morgan fingerprint density at radius 2 is 1.62 bits per heavy atom. The summed E-state index contributed by atoms with van der Waals surface area (Å²) in [6, 6.07) is 9.74. The predicted octanol–water partition coefficient (Wildman–Crippen LogP) is 4.26. The molecule has 0 atom stereocenters. The van der Waals surface area contributed by atoms with Crippen molar-refractivity contribution in [2.24, 2.45) is 0 Å². The van der Waals surface area contributed by atoms with Gasteiger partial charge in [-0.1, -0.05) is 23.2 Å². The summed E-state index contributed by atoms with van der Waals surface area (Å²) in [7, 11) is 3.04. The molecule has 0 aromatic heterocycles. The highest BCUT2D eigenvalue weighted by molar-refractivity contribution is 6.35. The molecule has 0 aliphatic rings. The Hall–Kier alpha value is -1.91. The van der Waals surface area contributed by atoms with Crippen LogP contribution >= 0.6 is 23.2 Å². The lowest BCUT2D eigenvalue weighted by atomic mass is 10.2. The second kappa shape index (κ2) is 6.70. The summed E-state index contributed by atoms with van der Waals surface area (Å²) in [6.45, 7) is 0.